The Labute approximate surface area is 150 Å². The van der Waals surface area contributed by atoms with Crippen LogP contribution in [0.15, 0.2) is 0 Å². The molecule has 0 aromatic rings. The summed E-state index contributed by atoms with van der Waals surface area (Å²) in [4.78, 5) is 37.7. The Kier molecular flexibility index (Phi) is 9.31. The summed E-state index contributed by atoms with van der Waals surface area (Å²) in [6.45, 7) is 4.41. The highest BCUT2D eigenvalue weighted by molar-refractivity contribution is 7.80. The Morgan fingerprint density at radius 2 is 1.96 bits per heavy atom. The van der Waals surface area contributed by atoms with Gasteiger partial charge in [0.2, 0.25) is 11.8 Å². The van der Waals surface area contributed by atoms with Crippen LogP contribution in [0.4, 0.5) is 0 Å². The van der Waals surface area contributed by atoms with Crippen LogP contribution in [0, 0.1) is 11.3 Å². The molecule has 24 heavy (non-hydrogen) atoms. The average molecular weight is 363 g/mol. The molecule has 0 aliphatic rings. The molecule has 0 aliphatic carbocycles. The van der Waals surface area contributed by atoms with Crippen LogP contribution in [0.25, 0.3) is 0 Å². The van der Waals surface area contributed by atoms with Crippen LogP contribution in [-0.4, -0.2) is 64.4 Å². The van der Waals surface area contributed by atoms with Gasteiger partial charge in [0, 0.05) is 38.0 Å². The Hall–Kier alpha value is -1.12. The molecule has 0 rings (SSSR count). The predicted molar refractivity (Wildman–Crippen MR) is 94.5 cm³/mol. The number of imide groups is 1. The van der Waals surface area contributed by atoms with Gasteiger partial charge < -0.3 is 15.5 Å². The molecule has 0 aliphatic heterocycles. The van der Waals surface area contributed by atoms with Crippen LogP contribution in [0.1, 0.15) is 41.9 Å². The summed E-state index contributed by atoms with van der Waals surface area (Å²) in [7, 11) is 0. The van der Waals surface area contributed by atoms with Gasteiger partial charge in [0.25, 0.3) is 5.91 Å². The molecule has 8 heteroatoms. The molecular weight excluding hydrogens is 332 g/mol. The number of carbonyl (C=O) groups excluding carboxylic acids is 3. The van der Waals surface area contributed by atoms with E-state index in [4.69, 9.17) is 1.37 Å². The monoisotopic (exact) mass is 363 g/mol. The Morgan fingerprint density at radius 1 is 1.33 bits per heavy atom. The molecule has 3 amide bonds. The Morgan fingerprint density at radius 3 is 2.46 bits per heavy atom. The minimum absolute atomic E-state index is 0.0298. The van der Waals surface area contributed by atoms with Crippen LogP contribution in [-0.2, 0) is 14.4 Å². The van der Waals surface area contributed by atoms with Crippen LogP contribution in [0.5, 0.6) is 0 Å². The Balaban J connectivity index is 5.21. The molecular formula is C16H30N2O5S. The van der Waals surface area contributed by atoms with E-state index in [1.807, 2.05) is 0 Å². The standard InChI is InChI=1S/C16H30N2O5S/c1-5-11(2)14(22)18(8-6-12(20)17-7-9-24)15(23)13(21)16(3,4)10-19/h11,13,19,21,24H,5-10H2,1-4H3,(H,17,20)/t11?,13-/m0/s1/i1D. The zero-order valence-electron chi connectivity index (χ0n) is 15.6. The lowest BCUT2D eigenvalue weighted by molar-refractivity contribution is -0.158. The smallest absolute Gasteiger partial charge is 0.258 e. The van der Waals surface area contributed by atoms with Crippen molar-refractivity contribution in [2.24, 2.45) is 11.3 Å². The highest BCUT2D eigenvalue weighted by atomic mass is 32.1. The van der Waals surface area contributed by atoms with Gasteiger partial charge in [-0.25, -0.2) is 0 Å². The van der Waals surface area contributed by atoms with Crippen molar-refractivity contribution < 1.29 is 26.0 Å². The molecule has 0 fully saturated rings. The van der Waals surface area contributed by atoms with Crippen LogP contribution < -0.4 is 5.32 Å². The second-order valence-corrected chi connectivity index (χ2v) is 6.84. The number of nitrogens with zero attached hydrogens (tertiary/aromatic N) is 1. The maximum atomic E-state index is 12.6. The number of nitrogens with one attached hydrogen (secondary N) is 1. The largest absolute Gasteiger partial charge is 0.396 e. The van der Waals surface area contributed by atoms with Crippen LogP contribution in [0.3, 0.4) is 0 Å². The lowest BCUT2D eigenvalue weighted by atomic mass is 9.86. The Bertz CT molecular complexity index is 462. The molecule has 0 saturated heterocycles. The third kappa shape index (κ3) is 6.78. The topological polar surface area (TPSA) is 107 Å². The molecule has 7 nitrogen and oxygen atoms in total. The fraction of sp³-hybridized carbons (Fsp3) is 0.812. The summed E-state index contributed by atoms with van der Waals surface area (Å²) in [5.74, 6) is -1.82. The first-order valence-electron chi connectivity index (χ1n) is 8.64. The number of aliphatic hydroxyl groups is 2. The zero-order valence-corrected chi connectivity index (χ0v) is 15.5. The van der Waals surface area contributed by atoms with Crippen molar-refractivity contribution in [2.75, 3.05) is 25.4 Å². The summed E-state index contributed by atoms with van der Waals surface area (Å²) < 4.78 is 7.22. The van der Waals surface area contributed by atoms with Crippen molar-refractivity contribution in [1.82, 2.24) is 10.2 Å². The SMILES string of the molecule is [2H]CCC(C)C(=O)N(CCC(=O)NCCS)C(=O)[C@H](O)C(C)(C)CO. The van der Waals surface area contributed by atoms with Crippen molar-refractivity contribution in [3.8, 4) is 0 Å². The second-order valence-electron chi connectivity index (χ2n) is 6.39. The van der Waals surface area contributed by atoms with Crippen molar-refractivity contribution in [1.29, 1.82) is 0 Å². The second kappa shape index (κ2) is 10.7. The molecule has 1 unspecified atom stereocenters. The summed E-state index contributed by atoms with van der Waals surface area (Å²) in [6, 6.07) is 0. The van der Waals surface area contributed by atoms with Crippen molar-refractivity contribution in [3.63, 3.8) is 0 Å². The van der Waals surface area contributed by atoms with Gasteiger partial charge in [-0.05, 0) is 6.42 Å². The third-order valence-electron chi connectivity index (χ3n) is 3.76. The van der Waals surface area contributed by atoms with E-state index in [9.17, 15) is 24.6 Å². The van der Waals surface area contributed by atoms with Crippen LogP contribution >= 0.6 is 12.6 Å². The van der Waals surface area contributed by atoms with E-state index in [1.165, 1.54) is 13.8 Å². The highest BCUT2D eigenvalue weighted by Gasteiger charge is 2.38. The molecule has 2 atom stereocenters. The molecule has 0 heterocycles. The maximum Gasteiger partial charge on any atom is 0.258 e. The number of amides is 3. The van der Waals surface area contributed by atoms with E-state index < -0.39 is 35.9 Å². The van der Waals surface area contributed by atoms with Gasteiger partial charge in [0.1, 0.15) is 6.10 Å². The number of carbonyl (C=O) groups is 3. The average Bonchev–Trinajstić information content (AvgIpc) is 2.58. The van der Waals surface area contributed by atoms with Crippen molar-refractivity contribution >= 4 is 30.4 Å². The first-order chi connectivity index (χ1) is 11.6. The number of thiol groups is 1. The van der Waals surface area contributed by atoms with E-state index in [-0.39, 0.29) is 32.2 Å². The van der Waals surface area contributed by atoms with Gasteiger partial charge in [-0.3, -0.25) is 19.3 Å². The van der Waals surface area contributed by atoms with Crippen molar-refractivity contribution in [3.05, 3.63) is 0 Å². The fourth-order valence-electron chi connectivity index (χ4n) is 1.78. The predicted octanol–water partition coefficient (Wildman–Crippen LogP) is 0.203. The van der Waals surface area contributed by atoms with Gasteiger partial charge >= 0.3 is 0 Å². The number of rotatable bonds is 10. The fourth-order valence-corrected chi connectivity index (χ4v) is 1.90. The molecule has 140 valence electrons. The van der Waals surface area contributed by atoms with E-state index in [0.717, 1.165) is 4.90 Å². The third-order valence-corrected chi connectivity index (χ3v) is 3.99. The molecule has 0 spiro atoms. The zero-order chi connectivity index (χ0) is 19.6. The molecule has 0 aromatic carbocycles. The normalized spacial score (nSPS) is 14.5. The molecule has 0 aromatic heterocycles. The van der Waals surface area contributed by atoms with E-state index in [1.54, 1.807) is 6.92 Å². The van der Waals surface area contributed by atoms with Gasteiger partial charge in [-0.1, -0.05) is 27.7 Å². The molecule has 0 bridgehead atoms. The van der Waals surface area contributed by atoms with Gasteiger partial charge in [-0.15, -0.1) is 0 Å². The number of aliphatic hydroxyl groups excluding tert-OH is 2. The van der Waals surface area contributed by atoms with Gasteiger partial charge in [0.15, 0.2) is 0 Å². The minimum Gasteiger partial charge on any atom is -0.396 e. The summed E-state index contributed by atoms with van der Waals surface area (Å²) >= 11 is 3.98. The lowest BCUT2D eigenvalue weighted by Crippen LogP contribution is -2.51. The van der Waals surface area contributed by atoms with Gasteiger partial charge in [-0.2, -0.15) is 12.6 Å². The molecule has 0 radical (unpaired) electrons. The minimum atomic E-state index is -1.58. The molecule has 0 saturated carbocycles. The molecule has 3 N–H and O–H groups in total. The van der Waals surface area contributed by atoms with E-state index in [2.05, 4.69) is 17.9 Å². The summed E-state index contributed by atoms with van der Waals surface area (Å²) in [5.41, 5.74) is -1.12. The van der Waals surface area contributed by atoms with Crippen LogP contribution in [0.2, 0.25) is 0 Å². The highest BCUT2D eigenvalue weighted by Crippen LogP contribution is 2.22. The summed E-state index contributed by atoms with van der Waals surface area (Å²) in [6.07, 6.45) is -1.40. The quantitative estimate of drug-likeness (QED) is 0.415. The first-order valence-corrected chi connectivity index (χ1v) is 8.56. The number of hydrogen-bond donors (Lipinski definition) is 4. The van der Waals surface area contributed by atoms with Gasteiger partial charge in [0.05, 0.1) is 6.61 Å². The first kappa shape index (κ1) is 20.9. The number of hydrogen-bond acceptors (Lipinski definition) is 6. The summed E-state index contributed by atoms with van der Waals surface area (Å²) in [5, 5.41) is 22.2. The van der Waals surface area contributed by atoms with Crippen molar-refractivity contribution in [2.45, 2.75) is 46.6 Å². The van der Waals surface area contributed by atoms with E-state index in [0.29, 0.717) is 12.3 Å². The van der Waals surface area contributed by atoms with E-state index >= 15 is 0 Å². The lowest BCUT2D eigenvalue weighted by Gasteiger charge is -2.32. The maximum absolute atomic E-state index is 12.6.